The molecule has 1 aromatic carbocycles. The Hall–Kier alpha value is -2.12. The lowest BCUT2D eigenvalue weighted by molar-refractivity contribution is -0.137. The van der Waals surface area contributed by atoms with E-state index < -0.39 is 11.6 Å². The fraction of sp³-hybridized carbons (Fsp3) is 0.690. The highest BCUT2D eigenvalue weighted by Gasteiger charge is 2.45. The van der Waals surface area contributed by atoms with E-state index in [0.717, 1.165) is 69.9 Å². The first-order chi connectivity index (χ1) is 17.8. The van der Waals surface area contributed by atoms with Crippen molar-refractivity contribution in [3.8, 4) is 0 Å². The second-order valence-corrected chi connectivity index (χ2v) is 11.3. The molecule has 1 heterocycles. The third-order valence-electron chi connectivity index (χ3n) is 7.97. The van der Waals surface area contributed by atoms with Crippen molar-refractivity contribution in [1.82, 2.24) is 21.3 Å². The summed E-state index contributed by atoms with van der Waals surface area (Å²) in [6.45, 7) is 5.54. The molecule has 1 spiro atoms. The molecule has 1 saturated heterocycles. The number of carbonyl (C=O) groups is 3. The molecule has 37 heavy (non-hydrogen) atoms. The van der Waals surface area contributed by atoms with Crippen molar-refractivity contribution in [3.63, 3.8) is 0 Å². The zero-order chi connectivity index (χ0) is 26.7. The van der Waals surface area contributed by atoms with Crippen LogP contribution in [0.2, 0.25) is 5.02 Å². The van der Waals surface area contributed by atoms with E-state index in [1.54, 1.807) is 6.07 Å². The number of amides is 3. The van der Waals surface area contributed by atoms with E-state index in [0.29, 0.717) is 30.8 Å². The molecule has 7 nitrogen and oxygen atoms in total. The van der Waals surface area contributed by atoms with Crippen LogP contribution in [0.3, 0.4) is 0 Å². The lowest BCUT2D eigenvalue weighted by Gasteiger charge is -2.34. The van der Waals surface area contributed by atoms with Crippen LogP contribution in [-0.4, -0.2) is 48.4 Å². The van der Waals surface area contributed by atoms with E-state index in [9.17, 15) is 14.4 Å². The summed E-state index contributed by atoms with van der Waals surface area (Å²) in [7, 11) is 0. The highest BCUT2D eigenvalue weighted by molar-refractivity contribution is 6.30. The van der Waals surface area contributed by atoms with Crippen molar-refractivity contribution >= 4 is 29.3 Å². The maximum atomic E-state index is 13.8. The molecule has 3 atom stereocenters. The first-order valence-corrected chi connectivity index (χ1v) is 14.6. The van der Waals surface area contributed by atoms with Crippen LogP contribution < -0.4 is 21.3 Å². The van der Waals surface area contributed by atoms with Crippen molar-refractivity contribution in [2.45, 2.75) is 109 Å². The molecule has 1 saturated carbocycles. The predicted octanol–water partition coefficient (Wildman–Crippen LogP) is 4.27. The molecular weight excluding hydrogens is 488 g/mol. The SMILES string of the molecule is CC[C@H](C)[C@@H]1NCCCCCCCCNC(=O)[C@H](Cc2cccc(Cl)c2)NC(=O)C2(CCCC2)NC1=O. The van der Waals surface area contributed by atoms with Gasteiger partial charge in [0.1, 0.15) is 11.6 Å². The Morgan fingerprint density at radius 2 is 1.62 bits per heavy atom. The van der Waals surface area contributed by atoms with Gasteiger partial charge in [0, 0.05) is 18.0 Å². The number of carbonyl (C=O) groups excluding carboxylic acids is 3. The maximum Gasteiger partial charge on any atom is 0.246 e. The Balaban J connectivity index is 1.84. The highest BCUT2D eigenvalue weighted by Crippen LogP contribution is 2.31. The summed E-state index contributed by atoms with van der Waals surface area (Å²) in [4.78, 5) is 40.6. The van der Waals surface area contributed by atoms with Crippen molar-refractivity contribution in [2.75, 3.05) is 13.1 Å². The number of benzene rings is 1. The predicted molar refractivity (Wildman–Crippen MR) is 148 cm³/mol. The molecule has 0 radical (unpaired) electrons. The Labute approximate surface area is 227 Å². The zero-order valence-electron chi connectivity index (χ0n) is 22.5. The summed E-state index contributed by atoms with van der Waals surface area (Å²) >= 11 is 6.18. The monoisotopic (exact) mass is 532 g/mol. The normalized spacial score (nSPS) is 25.4. The van der Waals surface area contributed by atoms with Crippen LogP contribution in [0.1, 0.15) is 90.0 Å². The standard InChI is InChI=1S/C29H45ClN4O3/c1-3-21(2)25-27(36)34-29(15-8-9-16-29)28(37)33-24(20-22-13-12-14-23(30)19-22)26(35)32-18-11-7-5-4-6-10-17-31-25/h12-14,19,21,24-25,31H,3-11,15-18,20H2,1-2H3,(H,32,35)(H,33,37)(H,34,36)/t21-,24-,25-/m0/s1. The average Bonchev–Trinajstić information content (AvgIpc) is 3.35. The Morgan fingerprint density at radius 3 is 2.30 bits per heavy atom. The van der Waals surface area contributed by atoms with Gasteiger partial charge in [-0.2, -0.15) is 0 Å². The van der Waals surface area contributed by atoms with Gasteiger partial charge in [-0.05, 0) is 55.8 Å². The van der Waals surface area contributed by atoms with Crippen LogP contribution in [0.5, 0.6) is 0 Å². The van der Waals surface area contributed by atoms with Gasteiger partial charge in [-0.25, -0.2) is 0 Å². The van der Waals surface area contributed by atoms with Gasteiger partial charge in [-0.15, -0.1) is 0 Å². The second-order valence-electron chi connectivity index (χ2n) is 10.9. The Bertz CT molecular complexity index is 903. The molecule has 1 aliphatic heterocycles. The third-order valence-corrected chi connectivity index (χ3v) is 8.20. The summed E-state index contributed by atoms with van der Waals surface area (Å²) < 4.78 is 0. The molecule has 1 aliphatic carbocycles. The molecular formula is C29H45ClN4O3. The van der Waals surface area contributed by atoms with E-state index in [1.807, 2.05) is 18.2 Å². The van der Waals surface area contributed by atoms with Crippen molar-refractivity contribution in [1.29, 1.82) is 0 Å². The molecule has 0 aromatic heterocycles. The van der Waals surface area contributed by atoms with E-state index in [2.05, 4.69) is 35.1 Å². The summed E-state index contributed by atoms with van der Waals surface area (Å²) in [6.07, 6.45) is 10.4. The van der Waals surface area contributed by atoms with Crippen LogP contribution in [0.4, 0.5) is 0 Å². The molecule has 0 unspecified atom stereocenters. The summed E-state index contributed by atoms with van der Waals surface area (Å²) in [5.41, 5.74) is -0.122. The van der Waals surface area contributed by atoms with Crippen LogP contribution >= 0.6 is 11.6 Å². The summed E-state index contributed by atoms with van der Waals surface area (Å²) in [6, 6.07) is 6.27. The van der Waals surface area contributed by atoms with Gasteiger partial charge >= 0.3 is 0 Å². The molecule has 8 heteroatoms. The van der Waals surface area contributed by atoms with Crippen LogP contribution in [0, 0.1) is 5.92 Å². The molecule has 3 amide bonds. The van der Waals surface area contributed by atoms with Gasteiger partial charge in [0.25, 0.3) is 0 Å². The van der Waals surface area contributed by atoms with Crippen LogP contribution in [0.25, 0.3) is 0 Å². The molecule has 206 valence electrons. The molecule has 2 aliphatic rings. The van der Waals surface area contributed by atoms with E-state index in [1.165, 1.54) is 0 Å². The van der Waals surface area contributed by atoms with Gasteiger partial charge in [-0.3, -0.25) is 14.4 Å². The molecule has 0 bridgehead atoms. The molecule has 4 N–H and O–H groups in total. The van der Waals surface area contributed by atoms with Gasteiger partial charge in [0.05, 0.1) is 6.04 Å². The topological polar surface area (TPSA) is 99.3 Å². The molecule has 2 fully saturated rings. The minimum atomic E-state index is -0.997. The first-order valence-electron chi connectivity index (χ1n) is 14.2. The van der Waals surface area contributed by atoms with Gasteiger partial charge in [0.15, 0.2) is 0 Å². The van der Waals surface area contributed by atoms with E-state index in [4.69, 9.17) is 11.6 Å². The largest absolute Gasteiger partial charge is 0.354 e. The second kappa shape index (κ2) is 14.7. The fourth-order valence-corrected chi connectivity index (χ4v) is 5.66. The van der Waals surface area contributed by atoms with E-state index in [-0.39, 0.29) is 29.7 Å². The first kappa shape index (κ1) is 29.4. The van der Waals surface area contributed by atoms with Gasteiger partial charge < -0.3 is 21.3 Å². The summed E-state index contributed by atoms with van der Waals surface area (Å²) in [5, 5.41) is 13.3. The average molecular weight is 533 g/mol. The lowest BCUT2D eigenvalue weighted by Crippen LogP contribution is -2.63. The number of hydrogen-bond acceptors (Lipinski definition) is 4. The molecule has 3 rings (SSSR count). The minimum absolute atomic E-state index is 0.122. The minimum Gasteiger partial charge on any atom is -0.354 e. The van der Waals surface area contributed by atoms with Crippen LogP contribution in [-0.2, 0) is 20.8 Å². The number of rotatable bonds is 4. The quantitative estimate of drug-likeness (QED) is 0.465. The lowest BCUT2D eigenvalue weighted by atomic mass is 9.92. The molecule has 1 aromatic rings. The van der Waals surface area contributed by atoms with Gasteiger partial charge in [-0.1, -0.05) is 82.5 Å². The van der Waals surface area contributed by atoms with Gasteiger partial charge in [0.2, 0.25) is 17.7 Å². The smallest absolute Gasteiger partial charge is 0.246 e. The number of nitrogens with one attached hydrogen (secondary N) is 4. The third kappa shape index (κ3) is 8.71. The van der Waals surface area contributed by atoms with Crippen LogP contribution in [0.15, 0.2) is 24.3 Å². The van der Waals surface area contributed by atoms with Crippen molar-refractivity contribution < 1.29 is 14.4 Å². The summed E-state index contributed by atoms with van der Waals surface area (Å²) in [5.74, 6) is -0.450. The zero-order valence-corrected chi connectivity index (χ0v) is 23.3. The van der Waals surface area contributed by atoms with Crippen molar-refractivity contribution in [2.24, 2.45) is 5.92 Å². The highest BCUT2D eigenvalue weighted by atomic mass is 35.5. The number of hydrogen-bond donors (Lipinski definition) is 4. The van der Waals surface area contributed by atoms with E-state index >= 15 is 0 Å². The Kier molecular flexibility index (Phi) is 11.7. The van der Waals surface area contributed by atoms with Crippen molar-refractivity contribution in [3.05, 3.63) is 34.9 Å². The fourth-order valence-electron chi connectivity index (χ4n) is 5.44. The number of halogens is 1. The maximum absolute atomic E-state index is 13.8. The Morgan fingerprint density at radius 1 is 0.946 bits per heavy atom.